The van der Waals surface area contributed by atoms with Crippen LogP contribution in [0.2, 0.25) is 5.02 Å². The Labute approximate surface area is 175 Å². The summed E-state index contributed by atoms with van der Waals surface area (Å²) in [6.07, 6.45) is 2.99. The molecule has 0 atom stereocenters. The zero-order valence-electron chi connectivity index (χ0n) is 17.1. The Morgan fingerprint density at radius 1 is 1.14 bits per heavy atom. The molecular weight excluding hydrogens is 392 g/mol. The predicted octanol–water partition coefficient (Wildman–Crippen LogP) is 4.37. The first-order chi connectivity index (χ1) is 13.5. The lowest BCUT2D eigenvalue weighted by Crippen LogP contribution is -2.60. The van der Waals surface area contributed by atoms with Crippen LogP contribution in [0.1, 0.15) is 46.1 Å². The summed E-state index contributed by atoms with van der Waals surface area (Å²) in [5.74, 6) is 0.428. The molecule has 3 rings (SSSR count). The van der Waals surface area contributed by atoms with Crippen LogP contribution in [0.5, 0.6) is 0 Å². The van der Waals surface area contributed by atoms with Crippen molar-refractivity contribution < 1.29 is 4.92 Å². The van der Waals surface area contributed by atoms with Gasteiger partial charge >= 0.3 is 5.69 Å². The SMILES string of the molecule is CC1(C)CC(Nc2ncnc(NCc3ccc(Cl)cc3)c2[N+](=O)[O-])CC(C)(C)N1. The number of hydrogen-bond acceptors (Lipinski definition) is 7. The van der Waals surface area contributed by atoms with Crippen LogP contribution in [0, 0.1) is 10.1 Å². The molecule has 8 nitrogen and oxygen atoms in total. The number of aromatic nitrogens is 2. The highest BCUT2D eigenvalue weighted by atomic mass is 35.5. The van der Waals surface area contributed by atoms with Gasteiger partial charge in [-0.05, 0) is 58.2 Å². The molecule has 0 aliphatic carbocycles. The zero-order valence-corrected chi connectivity index (χ0v) is 17.9. The van der Waals surface area contributed by atoms with Crippen LogP contribution < -0.4 is 16.0 Å². The maximum Gasteiger partial charge on any atom is 0.353 e. The number of piperidine rings is 1. The van der Waals surface area contributed by atoms with E-state index in [1.807, 2.05) is 12.1 Å². The minimum absolute atomic E-state index is 0.0546. The summed E-state index contributed by atoms with van der Waals surface area (Å²) >= 11 is 5.91. The number of benzene rings is 1. The third kappa shape index (κ3) is 5.55. The summed E-state index contributed by atoms with van der Waals surface area (Å²) < 4.78 is 0. The fourth-order valence-electron chi connectivity index (χ4n) is 4.19. The van der Waals surface area contributed by atoms with Gasteiger partial charge in [-0.3, -0.25) is 10.1 Å². The van der Waals surface area contributed by atoms with E-state index in [1.54, 1.807) is 12.1 Å². The summed E-state index contributed by atoms with van der Waals surface area (Å²) in [6.45, 7) is 8.93. The number of rotatable bonds is 6. The first-order valence-electron chi connectivity index (χ1n) is 9.58. The Hall–Kier alpha value is -2.45. The molecule has 1 aromatic heterocycles. The van der Waals surface area contributed by atoms with Crippen molar-refractivity contribution in [2.75, 3.05) is 10.6 Å². The standard InChI is InChI=1S/C20H27ClN6O2/c1-19(2)9-15(10-20(3,4)26-19)25-18-16(27(28)29)17(23-12-24-18)22-11-13-5-7-14(21)8-6-13/h5-8,12,15,26H,9-11H2,1-4H3,(H2,22,23,24,25). The lowest BCUT2D eigenvalue weighted by Gasteiger charge is -2.46. The average molecular weight is 419 g/mol. The third-order valence-corrected chi connectivity index (χ3v) is 5.16. The predicted molar refractivity (Wildman–Crippen MR) is 115 cm³/mol. The topological polar surface area (TPSA) is 105 Å². The van der Waals surface area contributed by atoms with Gasteiger partial charge in [0.1, 0.15) is 6.33 Å². The highest BCUT2D eigenvalue weighted by Gasteiger charge is 2.38. The molecule has 0 spiro atoms. The number of nitrogens with zero attached hydrogens (tertiary/aromatic N) is 3. The van der Waals surface area contributed by atoms with Crippen LogP contribution in [0.25, 0.3) is 0 Å². The van der Waals surface area contributed by atoms with Gasteiger partial charge in [0, 0.05) is 28.7 Å². The van der Waals surface area contributed by atoms with Gasteiger partial charge in [-0.2, -0.15) is 0 Å². The van der Waals surface area contributed by atoms with Gasteiger partial charge in [0.15, 0.2) is 0 Å². The van der Waals surface area contributed by atoms with E-state index < -0.39 is 4.92 Å². The number of nitrogens with one attached hydrogen (secondary N) is 3. The highest BCUT2D eigenvalue weighted by Crippen LogP contribution is 2.34. The van der Waals surface area contributed by atoms with Gasteiger partial charge in [-0.1, -0.05) is 23.7 Å². The number of halogens is 1. The molecule has 0 bridgehead atoms. The second-order valence-electron chi connectivity index (χ2n) is 8.80. The van der Waals surface area contributed by atoms with Crippen molar-refractivity contribution in [3.05, 3.63) is 51.3 Å². The third-order valence-electron chi connectivity index (χ3n) is 4.91. The zero-order chi connectivity index (χ0) is 21.2. The minimum atomic E-state index is -0.441. The summed E-state index contributed by atoms with van der Waals surface area (Å²) in [6, 6.07) is 7.33. The van der Waals surface area contributed by atoms with Gasteiger partial charge in [-0.25, -0.2) is 9.97 Å². The van der Waals surface area contributed by atoms with Gasteiger partial charge < -0.3 is 16.0 Å². The quantitative estimate of drug-likeness (QED) is 0.472. The van der Waals surface area contributed by atoms with Crippen LogP contribution in [-0.4, -0.2) is 32.0 Å². The summed E-state index contributed by atoms with van der Waals surface area (Å²) in [4.78, 5) is 19.6. The van der Waals surface area contributed by atoms with E-state index >= 15 is 0 Å². The molecule has 29 heavy (non-hydrogen) atoms. The van der Waals surface area contributed by atoms with E-state index in [-0.39, 0.29) is 34.4 Å². The van der Waals surface area contributed by atoms with Crippen molar-refractivity contribution in [3.63, 3.8) is 0 Å². The van der Waals surface area contributed by atoms with Crippen LogP contribution in [0.3, 0.4) is 0 Å². The van der Waals surface area contributed by atoms with Crippen LogP contribution in [0.4, 0.5) is 17.3 Å². The van der Waals surface area contributed by atoms with Crippen molar-refractivity contribution in [3.8, 4) is 0 Å². The Bertz CT molecular complexity index is 869. The van der Waals surface area contributed by atoms with Crippen molar-refractivity contribution >= 4 is 28.9 Å². The van der Waals surface area contributed by atoms with E-state index in [1.165, 1.54) is 6.33 Å². The fraction of sp³-hybridized carbons (Fsp3) is 0.500. The van der Waals surface area contributed by atoms with Gasteiger partial charge in [0.05, 0.1) is 4.92 Å². The maximum atomic E-state index is 11.8. The highest BCUT2D eigenvalue weighted by molar-refractivity contribution is 6.30. The van der Waals surface area contributed by atoms with Gasteiger partial charge in [0.25, 0.3) is 0 Å². The molecule has 9 heteroatoms. The Morgan fingerprint density at radius 2 is 1.72 bits per heavy atom. The molecule has 1 aliphatic rings. The average Bonchev–Trinajstić information content (AvgIpc) is 2.58. The van der Waals surface area contributed by atoms with E-state index in [9.17, 15) is 10.1 Å². The lowest BCUT2D eigenvalue weighted by atomic mass is 9.79. The number of anilines is 2. The fourth-order valence-corrected chi connectivity index (χ4v) is 4.32. The number of hydrogen-bond donors (Lipinski definition) is 3. The molecule has 1 aromatic carbocycles. The molecular formula is C20H27ClN6O2. The van der Waals surface area contributed by atoms with Crippen molar-refractivity contribution in [2.24, 2.45) is 0 Å². The lowest BCUT2D eigenvalue weighted by molar-refractivity contribution is -0.383. The molecule has 1 fully saturated rings. The largest absolute Gasteiger partial charge is 0.361 e. The Balaban J connectivity index is 1.81. The first kappa shape index (κ1) is 21.3. The summed E-state index contributed by atoms with van der Waals surface area (Å²) in [5, 5.41) is 22.4. The van der Waals surface area contributed by atoms with E-state index in [4.69, 9.17) is 11.6 Å². The Kier molecular flexibility index (Phi) is 5.95. The van der Waals surface area contributed by atoms with E-state index in [0.717, 1.165) is 18.4 Å². The number of nitro groups is 1. The van der Waals surface area contributed by atoms with Crippen molar-refractivity contribution in [2.45, 2.75) is 64.2 Å². The molecule has 1 saturated heterocycles. The molecule has 0 saturated carbocycles. The maximum absolute atomic E-state index is 11.8. The van der Waals surface area contributed by atoms with E-state index in [2.05, 4.69) is 53.6 Å². The first-order valence-corrected chi connectivity index (χ1v) is 9.96. The summed E-state index contributed by atoms with van der Waals surface area (Å²) in [7, 11) is 0. The van der Waals surface area contributed by atoms with Crippen molar-refractivity contribution in [1.82, 2.24) is 15.3 Å². The summed E-state index contributed by atoms with van der Waals surface area (Å²) in [5.41, 5.74) is 0.627. The molecule has 1 aliphatic heterocycles. The molecule has 2 aromatic rings. The van der Waals surface area contributed by atoms with Crippen LogP contribution in [0.15, 0.2) is 30.6 Å². The Morgan fingerprint density at radius 3 is 2.31 bits per heavy atom. The second-order valence-corrected chi connectivity index (χ2v) is 9.24. The molecule has 156 valence electrons. The van der Waals surface area contributed by atoms with E-state index in [0.29, 0.717) is 11.6 Å². The molecule has 0 amide bonds. The van der Waals surface area contributed by atoms with Crippen LogP contribution in [-0.2, 0) is 6.54 Å². The normalized spacial score (nSPS) is 18.2. The molecule has 3 N–H and O–H groups in total. The van der Waals surface area contributed by atoms with Crippen LogP contribution >= 0.6 is 11.6 Å². The van der Waals surface area contributed by atoms with Crippen molar-refractivity contribution in [1.29, 1.82) is 0 Å². The molecule has 0 unspecified atom stereocenters. The van der Waals surface area contributed by atoms with Gasteiger partial charge in [0.2, 0.25) is 11.6 Å². The second kappa shape index (κ2) is 8.12. The molecule has 2 heterocycles. The minimum Gasteiger partial charge on any atom is -0.361 e. The van der Waals surface area contributed by atoms with Gasteiger partial charge in [-0.15, -0.1) is 0 Å². The monoisotopic (exact) mass is 418 g/mol. The molecule has 0 radical (unpaired) electrons. The smallest absolute Gasteiger partial charge is 0.353 e.